The van der Waals surface area contributed by atoms with Gasteiger partial charge in [-0.25, -0.2) is 9.37 Å². The Morgan fingerprint density at radius 1 is 0.944 bits per heavy atom. The fourth-order valence-electron chi connectivity index (χ4n) is 1.58. The molecule has 0 atom stereocenters. The predicted molar refractivity (Wildman–Crippen MR) is 54.6 cm³/mol. The van der Waals surface area contributed by atoms with Crippen molar-refractivity contribution in [2.45, 2.75) is 6.18 Å². The lowest BCUT2D eigenvalue weighted by atomic mass is 10.0. The zero-order chi connectivity index (χ0) is 13.3. The van der Waals surface area contributed by atoms with Crippen molar-refractivity contribution in [1.29, 1.82) is 0 Å². The number of rotatable bonds is 1. The van der Waals surface area contributed by atoms with Crippen molar-refractivity contribution in [2.75, 3.05) is 0 Å². The van der Waals surface area contributed by atoms with Crippen LogP contribution in [-0.2, 0) is 6.18 Å². The van der Waals surface area contributed by atoms with Gasteiger partial charge in [0, 0.05) is 5.56 Å². The summed E-state index contributed by atoms with van der Waals surface area (Å²) in [6.45, 7) is 0. The Morgan fingerprint density at radius 3 is 2.28 bits per heavy atom. The van der Waals surface area contributed by atoms with Gasteiger partial charge in [0.25, 0.3) is 0 Å². The topological polar surface area (TPSA) is 12.9 Å². The summed E-state index contributed by atoms with van der Waals surface area (Å²) in [6.07, 6.45) is -4.04. The molecule has 6 heteroatoms. The number of alkyl halides is 3. The van der Waals surface area contributed by atoms with Crippen LogP contribution in [0.25, 0.3) is 11.1 Å². The van der Waals surface area contributed by atoms with Gasteiger partial charge in [-0.15, -0.1) is 0 Å². The average molecular weight is 259 g/mol. The van der Waals surface area contributed by atoms with Gasteiger partial charge in [0.15, 0.2) is 0 Å². The number of hydrogen-bond donors (Lipinski definition) is 0. The first kappa shape index (κ1) is 12.5. The van der Waals surface area contributed by atoms with Crippen LogP contribution >= 0.6 is 0 Å². The number of aromatic nitrogens is 1. The van der Waals surface area contributed by atoms with Gasteiger partial charge in [-0.2, -0.15) is 17.6 Å². The van der Waals surface area contributed by atoms with Gasteiger partial charge in [0.05, 0.1) is 11.8 Å². The quantitative estimate of drug-likeness (QED) is 0.556. The van der Waals surface area contributed by atoms with E-state index < -0.39 is 34.6 Å². The molecule has 0 saturated carbocycles. The molecule has 94 valence electrons. The number of benzene rings is 1. The summed E-state index contributed by atoms with van der Waals surface area (Å²) in [5.41, 5.74) is -1.98. The standard InChI is InChI=1S/C12H6F5N/c13-7-5-9(11(14)18-6-7)8-3-1-2-4-10(8)12(15,16)17/h1-6H. The van der Waals surface area contributed by atoms with Crippen LogP contribution in [0.3, 0.4) is 0 Å². The second-order valence-electron chi connectivity index (χ2n) is 3.54. The zero-order valence-electron chi connectivity index (χ0n) is 8.80. The first-order valence-electron chi connectivity index (χ1n) is 4.87. The van der Waals surface area contributed by atoms with E-state index in [4.69, 9.17) is 0 Å². The third-order valence-electron chi connectivity index (χ3n) is 2.33. The van der Waals surface area contributed by atoms with E-state index in [0.29, 0.717) is 12.3 Å². The molecule has 1 aromatic heterocycles. The molecule has 0 aliphatic rings. The van der Waals surface area contributed by atoms with E-state index in [2.05, 4.69) is 4.98 Å². The highest BCUT2D eigenvalue weighted by atomic mass is 19.4. The van der Waals surface area contributed by atoms with Gasteiger partial charge in [-0.1, -0.05) is 18.2 Å². The molecule has 0 N–H and O–H groups in total. The largest absolute Gasteiger partial charge is 0.417 e. The molecule has 0 aliphatic heterocycles. The zero-order valence-corrected chi connectivity index (χ0v) is 8.80. The lowest BCUT2D eigenvalue weighted by Gasteiger charge is -2.12. The third-order valence-corrected chi connectivity index (χ3v) is 2.33. The summed E-state index contributed by atoms with van der Waals surface area (Å²) in [6, 6.07) is 5.06. The van der Waals surface area contributed by atoms with Crippen molar-refractivity contribution >= 4 is 0 Å². The molecule has 0 amide bonds. The Kier molecular flexibility index (Phi) is 3.02. The highest BCUT2D eigenvalue weighted by Crippen LogP contribution is 2.37. The average Bonchev–Trinajstić information content (AvgIpc) is 2.31. The number of halogens is 5. The van der Waals surface area contributed by atoms with Crippen molar-refractivity contribution in [3.8, 4) is 11.1 Å². The van der Waals surface area contributed by atoms with Crippen molar-refractivity contribution in [3.05, 3.63) is 53.9 Å². The molecule has 0 unspecified atom stereocenters. The first-order valence-corrected chi connectivity index (χ1v) is 4.87. The van der Waals surface area contributed by atoms with Crippen LogP contribution in [0.4, 0.5) is 22.0 Å². The fraction of sp³-hybridized carbons (Fsp3) is 0.0833. The summed E-state index contributed by atoms with van der Waals surface area (Å²) >= 11 is 0. The molecule has 0 fully saturated rings. The first-order chi connectivity index (χ1) is 8.39. The van der Waals surface area contributed by atoms with Crippen molar-refractivity contribution in [1.82, 2.24) is 4.98 Å². The molecule has 1 nitrogen and oxygen atoms in total. The maximum Gasteiger partial charge on any atom is 0.417 e. The van der Waals surface area contributed by atoms with Crippen LogP contribution in [0.1, 0.15) is 5.56 Å². The van der Waals surface area contributed by atoms with E-state index >= 15 is 0 Å². The van der Waals surface area contributed by atoms with Crippen molar-refractivity contribution in [3.63, 3.8) is 0 Å². The van der Waals surface area contributed by atoms with Gasteiger partial charge in [0.1, 0.15) is 5.82 Å². The second kappa shape index (κ2) is 4.36. The maximum atomic E-state index is 13.4. The van der Waals surface area contributed by atoms with E-state index in [0.717, 1.165) is 12.1 Å². The molecule has 0 radical (unpaired) electrons. The molecule has 0 bridgehead atoms. The van der Waals surface area contributed by atoms with E-state index in [9.17, 15) is 22.0 Å². The smallest absolute Gasteiger partial charge is 0.225 e. The second-order valence-corrected chi connectivity index (χ2v) is 3.54. The molecule has 1 heterocycles. The minimum atomic E-state index is -4.64. The molecule has 18 heavy (non-hydrogen) atoms. The molecule has 0 spiro atoms. The molecular weight excluding hydrogens is 253 g/mol. The van der Waals surface area contributed by atoms with Gasteiger partial charge >= 0.3 is 6.18 Å². The van der Waals surface area contributed by atoms with Crippen molar-refractivity contribution < 1.29 is 22.0 Å². The normalized spacial score (nSPS) is 11.6. The van der Waals surface area contributed by atoms with E-state index in [1.54, 1.807) is 0 Å². The Labute approximate surface area is 98.9 Å². The van der Waals surface area contributed by atoms with Gasteiger partial charge in [-0.3, -0.25) is 0 Å². The van der Waals surface area contributed by atoms with Gasteiger partial charge < -0.3 is 0 Å². The molecule has 0 saturated heterocycles. The van der Waals surface area contributed by atoms with E-state index in [1.165, 1.54) is 12.1 Å². The van der Waals surface area contributed by atoms with Crippen LogP contribution in [0.15, 0.2) is 36.5 Å². The summed E-state index contributed by atoms with van der Waals surface area (Å²) in [7, 11) is 0. The minimum Gasteiger partial charge on any atom is -0.225 e. The Bertz CT molecular complexity index is 577. The number of pyridine rings is 1. The Hall–Kier alpha value is -1.98. The summed E-state index contributed by atoms with van der Waals surface area (Å²) in [5, 5.41) is 0. The van der Waals surface area contributed by atoms with Crippen LogP contribution in [0.5, 0.6) is 0 Å². The number of hydrogen-bond acceptors (Lipinski definition) is 1. The van der Waals surface area contributed by atoms with Gasteiger partial charge in [-0.05, 0) is 17.7 Å². The Balaban J connectivity index is 2.68. The van der Waals surface area contributed by atoms with E-state index in [-0.39, 0.29) is 0 Å². The van der Waals surface area contributed by atoms with Crippen molar-refractivity contribution in [2.24, 2.45) is 0 Å². The lowest BCUT2D eigenvalue weighted by Crippen LogP contribution is -2.07. The molecule has 2 aromatic rings. The summed E-state index contributed by atoms with van der Waals surface area (Å²) in [5.74, 6) is -2.04. The Morgan fingerprint density at radius 2 is 1.61 bits per heavy atom. The SMILES string of the molecule is Fc1cnc(F)c(-c2ccccc2C(F)(F)F)c1. The number of nitrogens with zero attached hydrogens (tertiary/aromatic N) is 1. The van der Waals surface area contributed by atoms with Gasteiger partial charge in [0.2, 0.25) is 5.95 Å². The van der Waals surface area contributed by atoms with Crippen LogP contribution < -0.4 is 0 Å². The van der Waals surface area contributed by atoms with Crippen LogP contribution in [0, 0.1) is 11.8 Å². The monoisotopic (exact) mass is 259 g/mol. The summed E-state index contributed by atoms with van der Waals surface area (Å²) in [4.78, 5) is 3.07. The lowest BCUT2D eigenvalue weighted by molar-refractivity contribution is -0.137. The van der Waals surface area contributed by atoms with Crippen LogP contribution in [0.2, 0.25) is 0 Å². The molecular formula is C12H6F5N. The minimum absolute atomic E-state index is 0.436. The predicted octanol–water partition coefficient (Wildman–Crippen LogP) is 4.05. The molecule has 1 aromatic carbocycles. The highest BCUT2D eigenvalue weighted by Gasteiger charge is 2.34. The molecule has 2 rings (SSSR count). The summed E-state index contributed by atoms with van der Waals surface area (Å²) < 4.78 is 64.5. The fourth-order valence-corrected chi connectivity index (χ4v) is 1.58. The third kappa shape index (κ3) is 2.32. The van der Waals surface area contributed by atoms with E-state index in [1.807, 2.05) is 0 Å². The molecule has 0 aliphatic carbocycles. The maximum absolute atomic E-state index is 13.4. The van der Waals surface area contributed by atoms with Crippen LogP contribution in [-0.4, -0.2) is 4.98 Å². The highest BCUT2D eigenvalue weighted by molar-refractivity contribution is 5.67.